The molecule has 76 valence electrons. The molecule has 0 spiro atoms. The van der Waals surface area contributed by atoms with Gasteiger partial charge in [-0.1, -0.05) is 18.1 Å². The van der Waals surface area contributed by atoms with Crippen LogP contribution in [0.4, 0.5) is 0 Å². The Hall–Kier alpha value is -1.62. The van der Waals surface area contributed by atoms with Crippen molar-refractivity contribution in [1.82, 2.24) is 10.3 Å². The van der Waals surface area contributed by atoms with E-state index in [-0.39, 0.29) is 5.84 Å². The van der Waals surface area contributed by atoms with Gasteiger partial charge in [0.1, 0.15) is 5.69 Å². The van der Waals surface area contributed by atoms with Crippen molar-refractivity contribution in [2.45, 2.75) is 13.5 Å². The number of hydrogen-bond donors (Lipinski definition) is 3. The summed E-state index contributed by atoms with van der Waals surface area (Å²) in [7, 11) is 0. The SMILES string of the molecule is CCNCc1cccnc1C(N)=NO. The number of nitrogens with two attached hydrogens (primary N) is 1. The van der Waals surface area contributed by atoms with Crippen molar-refractivity contribution >= 4 is 5.84 Å². The Kier molecular flexibility index (Phi) is 3.87. The van der Waals surface area contributed by atoms with Gasteiger partial charge in [-0.2, -0.15) is 0 Å². The van der Waals surface area contributed by atoms with E-state index in [2.05, 4.69) is 15.5 Å². The van der Waals surface area contributed by atoms with Gasteiger partial charge in [-0.05, 0) is 18.2 Å². The second-order valence-corrected chi connectivity index (χ2v) is 2.78. The quantitative estimate of drug-likeness (QED) is 0.278. The van der Waals surface area contributed by atoms with Crippen LogP contribution in [0.25, 0.3) is 0 Å². The molecule has 5 heteroatoms. The van der Waals surface area contributed by atoms with Crippen LogP contribution < -0.4 is 11.1 Å². The maximum atomic E-state index is 8.54. The molecule has 5 nitrogen and oxygen atoms in total. The molecular weight excluding hydrogens is 180 g/mol. The number of hydrogen-bond acceptors (Lipinski definition) is 4. The Labute approximate surface area is 82.6 Å². The Bertz CT molecular complexity index is 324. The summed E-state index contributed by atoms with van der Waals surface area (Å²) in [5.41, 5.74) is 6.92. The van der Waals surface area contributed by atoms with E-state index < -0.39 is 0 Å². The van der Waals surface area contributed by atoms with E-state index in [9.17, 15) is 0 Å². The van der Waals surface area contributed by atoms with Crippen LogP contribution in [0.5, 0.6) is 0 Å². The van der Waals surface area contributed by atoms with Crippen molar-refractivity contribution in [2.75, 3.05) is 6.54 Å². The average molecular weight is 194 g/mol. The fourth-order valence-electron chi connectivity index (χ4n) is 1.12. The molecule has 1 aromatic heterocycles. The molecule has 0 aromatic carbocycles. The van der Waals surface area contributed by atoms with E-state index in [4.69, 9.17) is 10.9 Å². The summed E-state index contributed by atoms with van der Waals surface area (Å²) in [6.45, 7) is 3.54. The van der Waals surface area contributed by atoms with Gasteiger partial charge in [0, 0.05) is 12.7 Å². The van der Waals surface area contributed by atoms with Gasteiger partial charge < -0.3 is 16.3 Å². The van der Waals surface area contributed by atoms with Gasteiger partial charge in [0.15, 0.2) is 5.84 Å². The van der Waals surface area contributed by atoms with Crippen molar-refractivity contribution in [2.24, 2.45) is 10.9 Å². The van der Waals surface area contributed by atoms with Crippen LogP contribution in [0, 0.1) is 0 Å². The second-order valence-electron chi connectivity index (χ2n) is 2.78. The van der Waals surface area contributed by atoms with E-state index in [1.54, 1.807) is 6.20 Å². The zero-order chi connectivity index (χ0) is 10.4. The minimum atomic E-state index is 0.0403. The molecule has 0 aliphatic heterocycles. The Morgan fingerprint density at radius 3 is 3.14 bits per heavy atom. The third-order valence-electron chi connectivity index (χ3n) is 1.81. The second kappa shape index (κ2) is 5.18. The first kappa shape index (κ1) is 10.5. The van der Waals surface area contributed by atoms with Gasteiger partial charge in [-0.3, -0.25) is 4.98 Å². The molecule has 1 heterocycles. The molecule has 0 fully saturated rings. The fraction of sp³-hybridized carbons (Fsp3) is 0.333. The monoisotopic (exact) mass is 194 g/mol. The largest absolute Gasteiger partial charge is 0.409 e. The maximum Gasteiger partial charge on any atom is 0.189 e. The van der Waals surface area contributed by atoms with E-state index in [0.717, 1.165) is 12.1 Å². The van der Waals surface area contributed by atoms with Crippen molar-refractivity contribution in [3.63, 3.8) is 0 Å². The Morgan fingerprint density at radius 2 is 2.50 bits per heavy atom. The molecule has 0 radical (unpaired) electrons. The Balaban J connectivity index is 2.91. The lowest BCUT2D eigenvalue weighted by Gasteiger charge is -2.06. The van der Waals surface area contributed by atoms with Gasteiger partial charge in [-0.15, -0.1) is 0 Å². The lowest BCUT2D eigenvalue weighted by atomic mass is 10.2. The fourth-order valence-corrected chi connectivity index (χ4v) is 1.12. The number of pyridine rings is 1. The first-order valence-corrected chi connectivity index (χ1v) is 4.42. The molecule has 0 saturated carbocycles. The highest BCUT2D eigenvalue weighted by Gasteiger charge is 2.06. The maximum absolute atomic E-state index is 8.54. The van der Waals surface area contributed by atoms with Crippen LogP contribution in [-0.4, -0.2) is 22.6 Å². The summed E-state index contributed by atoms with van der Waals surface area (Å²) in [6, 6.07) is 3.71. The highest BCUT2D eigenvalue weighted by Crippen LogP contribution is 2.04. The highest BCUT2D eigenvalue weighted by atomic mass is 16.4. The summed E-state index contributed by atoms with van der Waals surface area (Å²) in [4.78, 5) is 4.05. The van der Waals surface area contributed by atoms with E-state index in [1.807, 2.05) is 19.1 Å². The molecule has 0 atom stereocenters. The van der Waals surface area contributed by atoms with Crippen LogP contribution >= 0.6 is 0 Å². The molecule has 1 aromatic rings. The first-order valence-electron chi connectivity index (χ1n) is 4.42. The number of oxime groups is 1. The minimum absolute atomic E-state index is 0.0403. The molecule has 0 bridgehead atoms. The third kappa shape index (κ3) is 2.43. The number of amidine groups is 1. The number of nitrogens with zero attached hydrogens (tertiary/aromatic N) is 2. The standard InChI is InChI=1S/C9H14N4O/c1-2-11-6-7-4-3-5-12-8(7)9(10)13-14/h3-5,11,14H,2,6H2,1H3,(H2,10,13). The van der Waals surface area contributed by atoms with E-state index in [1.165, 1.54) is 0 Å². The van der Waals surface area contributed by atoms with Gasteiger partial charge in [0.05, 0.1) is 0 Å². The van der Waals surface area contributed by atoms with Gasteiger partial charge in [0.2, 0.25) is 0 Å². The summed E-state index contributed by atoms with van der Waals surface area (Å²) in [6.07, 6.45) is 1.61. The smallest absolute Gasteiger partial charge is 0.189 e. The minimum Gasteiger partial charge on any atom is -0.409 e. The topological polar surface area (TPSA) is 83.5 Å². The third-order valence-corrected chi connectivity index (χ3v) is 1.81. The van der Waals surface area contributed by atoms with Crippen LogP contribution in [0.2, 0.25) is 0 Å². The molecule has 0 amide bonds. The number of nitrogens with one attached hydrogen (secondary N) is 1. The summed E-state index contributed by atoms with van der Waals surface area (Å²) < 4.78 is 0. The molecule has 0 saturated heterocycles. The number of rotatable bonds is 4. The van der Waals surface area contributed by atoms with Gasteiger partial charge in [0.25, 0.3) is 0 Å². The van der Waals surface area contributed by atoms with Crippen molar-refractivity contribution in [1.29, 1.82) is 0 Å². The summed E-state index contributed by atoms with van der Waals surface area (Å²) in [5.74, 6) is 0.0403. The highest BCUT2D eigenvalue weighted by molar-refractivity contribution is 5.96. The van der Waals surface area contributed by atoms with Crippen molar-refractivity contribution in [3.8, 4) is 0 Å². The van der Waals surface area contributed by atoms with Gasteiger partial charge >= 0.3 is 0 Å². The predicted molar refractivity (Wildman–Crippen MR) is 54.1 cm³/mol. The molecular formula is C9H14N4O. The van der Waals surface area contributed by atoms with E-state index >= 15 is 0 Å². The van der Waals surface area contributed by atoms with E-state index in [0.29, 0.717) is 12.2 Å². The van der Waals surface area contributed by atoms with Crippen LogP contribution in [0.1, 0.15) is 18.2 Å². The van der Waals surface area contributed by atoms with Crippen LogP contribution in [0.15, 0.2) is 23.5 Å². The predicted octanol–water partition coefficient (Wildman–Crippen LogP) is 0.286. The normalized spacial score (nSPS) is 11.6. The summed E-state index contributed by atoms with van der Waals surface area (Å²) in [5, 5.41) is 14.6. The Morgan fingerprint density at radius 1 is 1.71 bits per heavy atom. The average Bonchev–Trinajstić information content (AvgIpc) is 2.25. The molecule has 0 aliphatic carbocycles. The van der Waals surface area contributed by atoms with Crippen molar-refractivity contribution < 1.29 is 5.21 Å². The summed E-state index contributed by atoms with van der Waals surface area (Å²) >= 11 is 0. The van der Waals surface area contributed by atoms with Gasteiger partial charge in [-0.25, -0.2) is 0 Å². The first-order chi connectivity index (χ1) is 6.79. The van der Waals surface area contributed by atoms with Crippen LogP contribution in [0.3, 0.4) is 0 Å². The lowest BCUT2D eigenvalue weighted by Crippen LogP contribution is -2.21. The zero-order valence-electron chi connectivity index (χ0n) is 8.07. The zero-order valence-corrected chi connectivity index (χ0v) is 8.07. The molecule has 0 aliphatic rings. The van der Waals surface area contributed by atoms with Crippen LogP contribution in [-0.2, 0) is 6.54 Å². The molecule has 0 unspecified atom stereocenters. The molecule has 1 rings (SSSR count). The van der Waals surface area contributed by atoms with Crippen molar-refractivity contribution in [3.05, 3.63) is 29.6 Å². The lowest BCUT2D eigenvalue weighted by molar-refractivity contribution is 0.318. The number of aromatic nitrogens is 1. The molecule has 4 N–H and O–H groups in total. The molecule has 14 heavy (non-hydrogen) atoms.